The molecule has 1 aliphatic rings. The number of hydrogen-bond acceptors (Lipinski definition) is 7. The first-order valence-electron chi connectivity index (χ1n) is 8.90. The van der Waals surface area contributed by atoms with Crippen LogP contribution in [0.1, 0.15) is 5.82 Å². The zero-order chi connectivity index (χ0) is 20.1. The monoisotopic (exact) mass is 402 g/mol. The molecule has 0 aliphatic carbocycles. The van der Waals surface area contributed by atoms with Gasteiger partial charge in [-0.2, -0.15) is 0 Å². The number of rotatable bonds is 7. The molecule has 1 saturated heterocycles. The Morgan fingerprint density at radius 2 is 1.93 bits per heavy atom. The Bertz CT molecular complexity index is 859. The molecule has 148 valence electrons. The van der Waals surface area contributed by atoms with E-state index in [1.807, 2.05) is 16.4 Å². The van der Waals surface area contributed by atoms with Gasteiger partial charge in [0.05, 0.1) is 10.7 Å². The summed E-state index contributed by atoms with van der Waals surface area (Å²) in [6.07, 6.45) is 1.78. The molecule has 1 amide bonds. The minimum atomic E-state index is -0.407. The van der Waals surface area contributed by atoms with E-state index in [9.17, 15) is 14.9 Å². The van der Waals surface area contributed by atoms with Gasteiger partial charge in [0, 0.05) is 50.5 Å². The van der Waals surface area contributed by atoms with Crippen LogP contribution in [0.5, 0.6) is 0 Å². The van der Waals surface area contributed by atoms with Crippen molar-refractivity contribution in [2.75, 3.05) is 36.8 Å². The quantitative estimate of drug-likeness (QED) is 0.303. The van der Waals surface area contributed by atoms with Gasteiger partial charge in [-0.25, -0.2) is 0 Å². The van der Waals surface area contributed by atoms with Gasteiger partial charge in [-0.05, 0) is 19.1 Å². The van der Waals surface area contributed by atoms with E-state index in [4.69, 9.17) is 0 Å². The van der Waals surface area contributed by atoms with Crippen LogP contribution in [0.4, 0.5) is 11.4 Å². The third kappa shape index (κ3) is 4.50. The highest BCUT2D eigenvalue weighted by Gasteiger charge is 2.22. The fourth-order valence-corrected chi connectivity index (χ4v) is 3.92. The smallest absolute Gasteiger partial charge is 0.269 e. The molecule has 0 spiro atoms. The summed E-state index contributed by atoms with van der Waals surface area (Å²) < 4.78 is 1.93. The van der Waals surface area contributed by atoms with Crippen LogP contribution in [0.25, 0.3) is 0 Å². The van der Waals surface area contributed by atoms with Crippen molar-refractivity contribution >= 4 is 29.0 Å². The van der Waals surface area contributed by atoms with Gasteiger partial charge in [0.25, 0.3) is 5.69 Å². The Labute approximate surface area is 167 Å². The van der Waals surface area contributed by atoms with Crippen LogP contribution in [0.2, 0.25) is 0 Å². The lowest BCUT2D eigenvalue weighted by atomic mass is 10.2. The lowest BCUT2D eigenvalue weighted by molar-refractivity contribution is -0.384. The molecule has 0 bridgehead atoms. The zero-order valence-corrected chi connectivity index (χ0v) is 16.5. The van der Waals surface area contributed by atoms with Gasteiger partial charge >= 0.3 is 0 Å². The summed E-state index contributed by atoms with van der Waals surface area (Å²) >= 11 is 1.38. The Kier molecular flexibility index (Phi) is 6.30. The number of non-ortho nitro benzene ring substituents is 1. The van der Waals surface area contributed by atoms with Gasteiger partial charge in [-0.3, -0.25) is 14.9 Å². The predicted molar refractivity (Wildman–Crippen MR) is 108 cm³/mol. The minimum absolute atomic E-state index is 0.0687. The minimum Gasteiger partial charge on any atom is -0.368 e. The molecule has 0 saturated carbocycles. The summed E-state index contributed by atoms with van der Waals surface area (Å²) in [6, 6.07) is 6.51. The van der Waals surface area contributed by atoms with Gasteiger partial charge in [0.15, 0.2) is 5.16 Å². The lowest BCUT2D eigenvalue weighted by Crippen LogP contribution is -2.49. The molecule has 2 aromatic rings. The van der Waals surface area contributed by atoms with Crippen molar-refractivity contribution in [1.82, 2.24) is 19.7 Å². The fourth-order valence-electron chi connectivity index (χ4n) is 3.02. The third-order valence-corrected chi connectivity index (χ3v) is 5.55. The number of anilines is 1. The number of carbonyl (C=O) groups is 1. The number of piperazine rings is 1. The molecule has 1 aliphatic heterocycles. The van der Waals surface area contributed by atoms with Gasteiger partial charge in [0.2, 0.25) is 5.91 Å². The topological polar surface area (TPSA) is 97.4 Å². The molecular weight excluding hydrogens is 380 g/mol. The highest BCUT2D eigenvalue weighted by molar-refractivity contribution is 7.99. The molecule has 0 radical (unpaired) electrons. The number of amides is 1. The molecule has 3 rings (SSSR count). The van der Waals surface area contributed by atoms with Gasteiger partial charge in [-0.1, -0.05) is 17.8 Å². The average molecular weight is 402 g/mol. The maximum atomic E-state index is 12.5. The summed E-state index contributed by atoms with van der Waals surface area (Å²) in [5.41, 5.74) is 1.01. The number of nitrogens with zero attached hydrogens (tertiary/aromatic N) is 6. The normalized spacial score (nSPS) is 14.2. The summed E-state index contributed by atoms with van der Waals surface area (Å²) in [7, 11) is 0. The van der Waals surface area contributed by atoms with E-state index in [1.165, 1.54) is 23.9 Å². The first-order valence-corrected chi connectivity index (χ1v) is 9.89. The lowest BCUT2D eigenvalue weighted by Gasteiger charge is -2.36. The van der Waals surface area contributed by atoms with Crippen molar-refractivity contribution in [1.29, 1.82) is 0 Å². The number of carbonyl (C=O) groups excluding carboxylic acids is 1. The van der Waals surface area contributed by atoms with E-state index in [-0.39, 0.29) is 11.6 Å². The maximum absolute atomic E-state index is 12.5. The van der Waals surface area contributed by atoms with Crippen LogP contribution >= 0.6 is 11.8 Å². The SMILES string of the molecule is C=CCn1c(C)nnc1SCC(=O)N1CCN(c2ccc([N+](=O)[O-])cc2)CC1. The van der Waals surface area contributed by atoms with E-state index in [1.54, 1.807) is 18.2 Å². The summed E-state index contributed by atoms with van der Waals surface area (Å²) in [5.74, 6) is 1.18. The first-order chi connectivity index (χ1) is 13.5. The van der Waals surface area contributed by atoms with Crippen molar-refractivity contribution in [2.24, 2.45) is 0 Å². The van der Waals surface area contributed by atoms with E-state index < -0.39 is 4.92 Å². The first kappa shape index (κ1) is 19.9. The van der Waals surface area contributed by atoms with Crippen molar-refractivity contribution in [3.05, 3.63) is 52.9 Å². The summed E-state index contributed by atoms with van der Waals surface area (Å²) in [6.45, 7) is 8.85. The second kappa shape index (κ2) is 8.87. The number of aromatic nitrogens is 3. The molecule has 2 heterocycles. The standard InChI is InChI=1S/C18H22N6O3S/c1-3-8-23-14(2)19-20-18(23)28-13-17(25)22-11-9-21(10-12-22)15-4-6-16(7-5-15)24(26)27/h3-7H,1,8-13H2,2H3. The van der Waals surface area contributed by atoms with Crippen LogP contribution in [0.15, 0.2) is 42.1 Å². The molecule has 1 aromatic carbocycles. The number of aryl methyl sites for hydroxylation is 1. The molecule has 1 fully saturated rings. The second-order valence-electron chi connectivity index (χ2n) is 6.36. The summed E-state index contributed by atoms with van der Waals surface area (Å²) in [4.78, 5) is 26.9. The molecule has 0 unspecified atom stereocenters. The van der Waals surface area contributed by atoms with Crippen molar-refractivity contribution < 1.29 is 9.72 Å². The largest absolute Gasteiger partial charge is 0.368 e. The number of benzene rings is 1. The van der Waals surface area contributed by atoms with E-state index in [2.05, 4.69) is 21.7 Å². The highest BCUT2D eigenvalue weighted by atomic mass is 32.2. The van der Waals surface area contributed by atoms with Crippen LogP contribution < -0.4 is 4.90 Å². The third-order valence-electron chi connectivity index (χ3n) is 4.60. The van der Waals surface area contributed by atoms with E-state index >= 15 is 0 Å². The van der Waals surface area contributed by atoms with E-state index in [0.717, 1.165) is 16.7 Å². The van der Waals surface area contributed by atoms with Crippen molar-refractivity contribution in [3.63, 3.8) is 0 Å². The number of hydrogen-bond donors (Lipinski definition) is 0. The Morgan fingerprint density at radius 1 is 1.25 bits per heavy atom. The Morgan fingerprint density at radius 3 is 2.54 bits per heavy atom. The zero-order valence-electron chi connectivity index (χ0n) is 15.7. The average Bonchev–Trinajstić information content (AvgIpc) is 3.06. The molecule has 9 nitrogen and oxygen atoms in total. The molecule has 0 N–H and O–H groups in total. The second-order valence-corrected chi connectivity index (χ2v) is 7.30. The number of nitro groups is 1. The van der Waals surface area contributed by atoms with Crippen LogP contribution in [0.3, 0.4) is 0 Å². The number of thioether (sulfide) groups is 1. The Balaban J connectivity index is 1.51. The summed E-state index contributed by atoms with van der Waals surface area (Å²) in [5, 5.41) is 19.7. The molecule has 1 aromatic heterocycles. The fraction of sp³-hybridized carbons (Fsp3) is 0.389. The number of nitro benzene ring substituents is 1. The maximum Gasteiger partial charge on any atom is 0.269 e. The van der Waals surface area contributed by atoms with E-state index in [0.29, 0.717) is 38.5 Å². The molecule has 28 heavy (non-hydrogen) atoms. The highest BCUT2D eigenvalue weighted by Crippen LogP contribution is 2.22. The molecule has 10 heteroatoms. The van der Waals surface area contributed by atoms with Gasteiger partial charge < -0.3 is 14.4 Å². The van der Waals surface area contributed by atoms with Crippen molar-refractivity contribution in [2.45, 2.75) is 18.6 Å². The molecule has 0 atom stereocenters. The Hall–Kier alpha value is -2.88. The van der Waals surface area contributed by atoms with Crippen LogP contribution in [-0.4, -0.2) is 62.4 Å². The van der Waals surface area contributed by atoms with Gasteiger partial charge in [0.1, 0.15) is 5.82 Å². The van der Waals surface area contributed by atoms with Gasteiger partial charge in [-0.15, -0.1) is 16.8 Å². The predicted octanol–water partition coefficient (Wildman–Crippen LogP) is 2.12. The molecular formula is C18H22N6O3S. The van der Waals surface area contributed by atoms with Crippen LogP contribution in [0, 0.1) is 17.0 Å². The van der Waals surface area contributed by atoms with Crippen molar-refractivity contribution in [3.8, 4) is 0 Å². The number of allylic oxidation sites excluding steroid dienone is 1. The van der Waals surface area contributed by atoms with Crippen LogP contribution in [-0.2, 0) is 11.3 Å².